The highest BCUT2D eigenvalue weighted by Crippen LogP contribution is 2.21. The standard InChI is InChI=1S/C18H28N4O3S.HI/c1-14-15(16-6-4-5-7-17(16)22-14)8-9-20-18(19-2)21-10-11-25-12-13-26(3,23)24;/h4-7,22H,8-13H2,1-3H3,(H2,19,20,21);1H. The van der Waals surface area contributed by atoms with Crippen LogP contribution in [0, 0.1) is 6.92 Å². The van der Waals surface area contributed by atoms with Gasteiger partial charge in [0.2, 0.25) is 0 Å². The van der Waals surface area contributed by atoms with Crippen molar-refractivity contribution in [2.24, 2.45) is 4.99 Å². The predicted molar refractivity (Wildman–Crippen MR) is 122 cm³/mol. The first kappa shape index (κ1) is 23.7. The molecule has 0 bridgehead atoms. The van der Waals surface area contributed by atoms with Crippen LogP contribution in [0.5, 0.6) is 0 Å². The number of nitrogens with zero attached hydrogens (tertiary/aromatic N) is 1. The first-order valence-corrected chi connectivity index (χ1v) is 10.7. The van der Waals surface area contributed by atoms with Crippen LogP contribution in [0.4, 0.5) is 0 Å². The molecule has 0 aliphatic rings. The molecule has 0 saturated carbocycles. The molecular weight excluding hydrogens is 479 g/mol. The fraction of sp³-hybridized carbons (Fsp3) is 0.500. The molecule has 0 spiro atoms. The van der Waals surface area contributed by atoms with Crippen molar-refractivity contribution in [3.05, 3.63) is 35.5 Å². The average Bonchev–Trinajstić information content (AvgIpc) is 2.91. The van der Waals surface area contributed by atoms with Gasteiger partial charge in [-0.2, -0.15) is 0 Å². The van der Waals surface area contributed by atoms with Crippen LogP contribution in [-0.4, -0.2) is 64.7 Å². The summed E-state index contributed by atoms with van der Waals surface area (Å²) in [6, 6.07) is 8.31. The Morgan fingerprint density at radius 1 is 1.19 bits per heavy atom. The second-order valence-electron chi connectivity index (χ2n) is 6.19. The number of guanidine groups is 1. The van der Waals surface area contributed by atoms with Gasteiger partial charge in [0, 0.05) is 43.0 Å². The van der Waals surface area contributed by atoms with Crippen LogP contribution in [0.25, 0.3) is 10.9 Å². The number of para-hydroxylation sites is 1. The molecule has 0 fully saturated rings. The number of hydrogen-bond acceptors (Lipinski definition) is 4. The minimum atomic E-state index is -2.97. The number of aromatic nitrogens is 1. The van der Waals surface area contributed by atoms with Crippen LogP contribution >= 0.6 is 24.0 Å². The van der Waals surface area contributed by atoms with Gasteiger partial charge >= 0.3 is 0 Å². The maximum Gasteiger partial charge on any atom is 0.191 e. The second-order valence-corrected chi connectivity index (χ2v) is 8.45. The van der Waals surface area contributed by atoms with Crippen molar-refractivity contribution in [1.29, 1.82) is 0 Å². The van der Waals surface area contributed by atoms with Gasteiger partial charge in [-0.25, -0.2) is 8.42 Å². The number of H-pyrrole nitrogens is 1. The number of benzene rings is 1. The van der Waals surface area contributed by atoms with E-state index in [0.717, 1.165) is 18.5 Å². The van der Waals surface area contributed by atoms with E-state index in [9.17, 15) is 8.42 Å². The van der Waals surface area contributed by atoms with Crippen molar-refractivity contribution in [3.63, 3.8) is 0 Å². The maximum absolute atomic E-state index is 11.0. The summed E-state index contributed by atoms with van der Waals surface area (Å²) in [5.74, 6) is 0.749. The summed E-state index contributed by atoms with van der Waals surface area (Å²) in [6.07, 6.45) is 2.09. The third kappa shape index (κ3) is 8.06. The lowest BCUT2D eigenvalue weighted by Gasteiger charge is -2.12. The molecule has 0 aliphatic carbocycles. The molecular formula is C18H29IN4O3S. The molecule has 0 amide bonds. The molecule has 27 heavy (non-hydrogen) atoms. The number of sulfone groups is 1. The summed E-state index contributed by atoms with van der Waals surface area (Å²) < 4.78 is 27.3. The third-order valence-electron chi connectivity index (χ3n) is 4.06. The van der Waals surface area contributed by atoms with Gasteiger partial charge in [-0.15, -0.1) is 24.0 Å². The van der Waals surface area contributed by atoms with Crippen LogP contribution in [0.15, 0.2) is 29.3 Å². The van der Waals surface area contributed by atoms with Crippen molar-refractivity contribution in [1.82, 2.24) is 15.6 Å². The van der Waals surface area contributed by atoms with Crippen LogP contribution in [0.3, 0.4) is 0 Å². The zero-order valence-electron chi connectivity index (χ0n) is 16.0. The largest absolute Gasteiger partial charge is 0.379 e. The Balaban J connectivity index is 0.00000364. The van der Waals surface area contributed by atoms with Crippen molar-refractivity contribution >= 4 is 50.7 Å². The highest BCUT2D eigenvalue weighted by molar-refractivity contribution is 14.0. The molecule has 0 radical (unpaired) electrons. The molecule has 3 N–H and O–H groups in total. The molecule has 0 aliphatic heterocycles. The Hall–Kier alpha value is -1.33. The molecule has 2 aromatic rings. The van der Waals surface area contributed by atoms with E-state index in [-0.39, 0.29) is 36.3 Å². The Morgan fingerprint density at radius 3 is 2.59 bits per heavy atom. The number of hydrogen-bond donors (Lipinski definition) is 3. The number of fused-ring (bicyclic) bond motifs is 1. The van der Waals surface area contributed by atoms with E-state index in [1.807, 2.05) is 6.07 Å². The van der Waals surface area contributed by atoms with E-state index < -0.39 is 9.84 Å². The third-order valence-corrected chi connectivity index (χ3v) is 4.96. The number of aryl methyl sites for hydroxylation is 1. The second kappa shape index (κ2) is 11.5. The van der Waals surface area contributed by atoms with Gasteiger partial charge in [0.05, 0.1) is 19.0 Å². The van der Waals surface area contributed by atoms with E-state index in [0.29, 0.717) is 19.1 Å². The summed E-state index contributed by atoms with van der Waals surface area (Å²) >= 11 is 0. The fourth-order valence-electron chi connectivity index (χ4n) is 2.74. The van der Waals surface area contributed by atoms with Gasteiger partial charge < -0.3 is 20.4 Å². The first-order valence-electron chi connectivity index (χ1n) is 8.67. The van der Waals surface area contributed by atoms with Crippen LogP contribution in [0.2, 0.25) is 0 Å². The molecule has 152 valence electrons. The van der Waals surface area contributed by atoms with Crippen molar-refractivity contribution < 1.29 is 13.2 Å². The number of aliphatic imine (C=N–C) groups is 1. The minimum Gasteiger partial charge on any atom is -0.379 e. The number of ether oxygens (including phenoxy) is 1. The zero-order chi connectivity index (χ0) is 19.0. The Bertz CT molecular complexity index is 849. The minimum absolute atomic E-state index is 0. The number of aromatic amines is 1. The molecule has 2 rings (SSSR count). The average molecular weight is 508 g/mol. The Kier molecular flexibility index (Phi) is 10.1. The SMILES string of the molecule is CN=C(NCCOCCS(C)(=O)=O)NCCc1c(C)[nH]c2ccccc12.I. The molecule has 7 nitrogen and oxygen atoms in total. The van der Waals surface area contributed by atoms with Gasteiger partial charge in [0.15, 0.2) is 5.96 Å². The van der Waals surface area contributed by atoms with Crippen LogP contribution in [-0.2, 0) is 21.0 Å². The van der Waals surface area contributed by atoms with E-state index in [1.54, 1.807) is 7.05 Å². The maximum atomic E-state index is 11.0. The topological polar surface area (TPSA) is 95.6 Å². The molecule has 1 aromatic heterocycles. The molecule has 9 heteroatoms. The quantitative estimate of drug-likeness (QED) is 0.208. The van der Waals surface area contributed by atoms with Crippen molar-refractivity contribution in [2.45, 2.75) is 13.3 Å². The van der Waals surface area contributed by atoms with Crippen LogP contribution in [0.1, 0.15) is 11.3 Å². The Morgan fingerprint density at radius 2 is 1.89 bits per heavy atom. The van der Waals surface area contributed by atoms with E-state index >= 15 is 0 Å². The lowest BCUT2D eigenvalue weighted by molar-refractivity contribution is 0.154. The molecule has 1 aromatic carbocycles. The zero-order valence-corrected chi connectivity index (χ0v) is 19.2. The van der Waals surface area contributed by atoms with E-state index in [1.165, 1.54) is 22.9 Å². The monoisotopic (exact) mass is 508 g/mol. The molecule has 0 atom stereocenters. The summed E-state index contributed by atoms with van der Waals surface area (Å²) in [5.41, 5.74) is 3.66. The van der Waals surface area contributed by atoms with Crippen molar-refractivity contribution in [3.8, 4) is 0 Å². The fourth-order valence-corrected chi connectivity index (χ4v) is 3.16. The summed E-state index contributed by atoms with van der Waals surface area (Å²) in [7, 11) is -1.25. The normalized spacial score (nSPS) is 12.0. The summed E-state index contributed by atoms with van der Waals surface area (Å²) in [5, 5.41) is 7.70. The molecule has 0 unspecified atom stereocenters. The smallest absolute Gasteiger partial charge is 0.191 e. The van der Waals surface area contributed by atoms with Gasteiger partial charge in [0.25, 0.3) is 0 Å². The number of halogens is 1. The van der Waals surface area contributed by atoms with Crippen molar-refractivity contribution in [2.75, 3.05) is 45.4 Å². The predicted octanol–water partition coefficient (Wildman–Crippen LogP) is 1.86. The molecule has 1 heterocycles. The van der Waals surface area contributed by atoms with E-state index in [2.05, 4.69) is 45.7 Å². The highest BCUT2D eigenvalue weighted by Gasteiger charge is 2.08. The summed E-state index contributed by atoms with van der Waals surface area (Å²) in [6.45, 7) is 4.06. The lowest BCUT2D eigenvalue weighted by Crippen LogP contribution is -2.40. The number of nitrogens with one attached hydrogen (secondary N) is 3. The lowest BCUT2D eigenvalue weighted by atomic mass is 10.1. The van der Waals surface area contributed by atoms with Crippen LogP contribution < -0.4 is 10.6 Å². The van der Waals surface area contributed by atoms with Gasteiger partial charge in [0.1, 0.15) is 9.84 Å². The van der Waals surface area contributed by atoms with Gasteiger partial charge in [-0.3, -0.25) is 4.99 Å². The Labute approximate surface area is 178 Å². The van der Waals surface area contributed by atoms with Gasteiger partial charge in [-0.05, 0) is 25.0 Å². The van der Waals surface area contributed by atoms with E-state index in [4.69, 9.17) is 4.74 Å². The molecule has 0 saturated heterocycles. The van der Waals surface area contributed by atoms with Gasteiger partial charge in [-0.1, -0.05) is 18.2 Å². The highest BCUT2D eigenvalue weighted by atomic mass is 127. The first-order chi connectivity index (χ1) is 12.4. The number of rotatable bonds is 9. The summed E-state index contributed by atoms with van der Waals surface area (Å²) in [4.78, 5) is 7.59.